The molecule has 1 atom stereocenters. The van der Waals surface area contributed by atoms with E-state index in [1.807, 2.05) is 34.1 Å². The van der Waals surface area contributed by atoms with Gasteiger partial charge < -0.3 is 25.0 Å². The molecule has 1 fully saturated rings. The normalized spacial score (nSPS) is 16.0. The second-order valence-electron chi connectivity index (χ2n) is 6.76. The highest BCUT2D eigenvalue weighted by molar-refractivity contribution is 5.78. The molecule has 27 heavy (non-hydrogen) atoms. The maximum atomic E-state index is 12.6. The number of carbonyl (C=O) groups excluding carboxylic acids is 2. The van der Waals surface area contributed by atoms with Crippen molar-refractivity contribution in [2.45, 2.75) is 31.8 Å². The second kappa shape index (κ2) is 10.9. The van der Waals surface area contributed by atoms with E-state index in [0.29, 0.717) is 52.0 Å². The van der Waals surface area contributed by atoms with Gasteiger partial charge >= 0.3 is 0 Å². The van der Waals surface area contributed by atoms with Crippen LogP contribution in [0, 0.1) is 0 Å². The van der Waals surface area contributed by atoms with Gasteiger partial charge in [0.05, 0.1) is 19.6 Å². The first kappa shape index (κ1) is 21.2. The molecule has 0 spiro atoms. The SMILES string of the molecule is COc1ccc(CCC(=O)N2CCCN(C(=O)CC(CN)OC)CC2)cc1. The van der Waals surface area contributed by atoms with Crippen molar-refractivity contribution in [2.24, 2.45) is 5.73 Å². The molecule has 2 amide bonds. The van der Waals surface area contributed by atoms with Crippen LogP contribution in [-0.4, -0.2) is 74.7 Å². The molecular weight excluding hydrogens is 346 g/mol. The Bertz CT molecular complexity index is 602. The van der Waals surface area contributed by atoms with Crippen molar-refractivity contribution >= 4 is 11.8 Å². The molecule has 2 N–H and O–H groups in total. The lowest BCUT2D eigenvalue weighted by atomic mass is 10.1. The molecule has 150 valence electrons. The third-order valence-electron chi connectivity index (χ3n) is 4.99. The third-order valence-corrected chi connectivity index (χ3v) is 4.99. The zero-order chi connectivity index (χ0) is 19.6. The lowest BCUT2D eigenvalue weighted by Crippen LogP contribution is -2.39. The molecule has 1 aromatic carbocycles. The van der Waals surface area contributed by atoms with Crippen molar-refractivity contribution in [2.75, 3.05) is 46.9 Å². The molecular formula is C20H31N3O4. The minimum Gasteiger partial charge on any atom is -0.497 e. The van der Waals surface area contributed by atoms with Crippen molar-refractivity contribution in [1.29, 1.82) is 0 Å². The number of nitrogens with zero attached hydrogens (tertiary/aromatic N) is 2. The van der Waals surface area contributed by atoms with E-state index in [1.54, 1.807) is 14.2 Å². The minimum atomic E-state index is -0.247. The van der Waals surface area contributed by atoms with E-state index in [2.05, 4.69) is 0 Å². The average Bonchev–Trinajstić information content (AvgIpc) is 2.97. The predicted octanol–water partition coefficient (Wildman–Crippen LogP) is 1.05. The molecule has 1 heterocycles. The van der Waals surface area contributed by atoms with Crippen molar-refractivity contribution in [3.8, 4) is 5.75 Å². The van der Waals surface area contributed by atoms with Gasteiger partial charge in [0.15, 0.2) is 0 Å². The summed E-state index contributed by atoms with van der Waals surface area (Å²) >= 11 is 0. The van der Waals surface area contributed by atoms with Gasteiger partial charge in [0.2, 0.25) is 11.8 Å². The monoisotopic (exact) mass is 377 g/mol. The average molecular weight is 377 g/mol. The number of benzene rings is 1. The van der Waals surface area contributed by atoms with Gasteiger partial charge in [-0.15, -0.1) is 0 Å². The molecule has 0 aliphatic carbocycles. The van der Waals surface area contributed by atoms with Crippen LogP contribution in [0.25, 0.3) is 0 Å². The molecule has 1 aliphatic heterocycles. The van der Waals surface area contributed by atoms with Crippen LogP contribution < -0.4 is 10.5 Å². The molecule has 7 nitrogen and oxygen atoms in total. The number of hydrogen-bond acceptors (Lipinski definition) is 5. The first-order valence-corrected chi connectivity index (χ1v) is 9.48. The summed E-state index contributed by atoms with van der Waals surface area (Å²) in [6.45, 7) is 2.82. The van der Waals surface area contributed by atoms with Crippen LogP contribution in [-0.2, 0) is 20.7 Å². The molecule has 7 heteroatoms. The van der Waals surface area contributed by atoms with Gasteiger partial charge in [-0.1, -0.05) is 12.1 Å². The van der Waals surface area contributed by atoms with Gasteiger partial charge in [0, 0.05) is 46.3 Å². The van der Waals surface area contributed by atoms with Gasteiger partial charge in [-0.3, -0.25) is 9.59 Å². The highest BCUT2D eigenvalue weighted by Crippen LogP contribution is 2.14. The van der Waals surface area contributed by atoms with Crippen molar-refractivity contribution in [3.05, 3.63) is 29.8 Å². The lowest BCUT2D eigenvalue weighted by molar-refractivity contribution is -0.135. The standard InChI is InChI=1S/C20H31N3O4/c1-26-17-7-4-16(5-8-17)6-9-19(24)22-10-3-11-23(13-12-22)20(25)14-18(15-21)27-2/h4-5,7-8,18H,3,6,9-15,21H2,1-2H3. The zero-order valence-corrected chi connectivity index (χ0v) is 16.4. The summed E-state index contributed by atoms with van der Waals surface area (Å²) in [6, 6.07) is 7.78. The first-order valence-electron chi connectivity index (χ1n) is 9.48. The number of methoxy groups -OCH3 is 2. The van der Waals surface area contributed by atoms with Crippen molar-refractivity contribution < 1.29 is 19.1 Å². The van der Waals surface area contributed by atoms with Crippen molar-refractivity contribution in [1.82, 2.24) is 9.80 Å². The summed E-state index contributed by atoms with van der Waals surface area (Å²) in [6.07, 6.45) is 2.01. The Morgan fingerprint density at radius 3 is 2.22 bits per heavy atom. The Morgan fingerprint density at radius 2 is 1.67 bits per heavy atom. The van der Waals surface area contributed by atoms with Crippen LogP contribution in [0.15, 0.2) is 24.3 Å². The highest BCUT2D eigenvalue weighted by atomic mass is 16.5. The Labute approximate surface area is 161 Å². The molecule has 2 rings (SSSR count). The van der Waals surface area contributed by atoms with E-state index in [-0.39, 0.29) is 17.9 Å². The second-order valence-corrected chi connectivity index (χ2v) is 6.76. The number of nitrogens with two attached hydrogens (primary N) is 1. The van der Waals surface area contributed by atoms with Gasteiger partial charge in [0.1, 0.15) is 5.75 Å². The first-order chi connectivity index (χ1) is 13.1. The fourth-order valence-corrected chi connectivity index (χ4v) is 3.20. The fourth-order valence-electron chi connectivity index (χ4n) is 3.20. The summed E-state index contributed by atoms with van der Waals surface area (Å²) in [4.78, 5) is 28.6. The molecule has 1 aliphatic rings. The summed E-state index contributed by atoms with van der Waals surface area (Å²) < 4.78 is 10.3. The number of ether oxygens (including phenoxy) is 2. The van der Waals surface area contributed by atoms with E-state index < -0.39 is 0 Å². The van der Waals surface area contributed by atoms with Gasteiger partial charge in [-0.25, -0.2) is 0 Å². The summed E-state index contributed by atoms with van der Waals surface area (Å²) in [5.41, 5.74) is 6.71. The Hall–Kier alpha value is -2.12. The third kappa shape index (κ3) is 6.52. The molecule has 1 unspecified atom stereocenters. The van der Waals surface area contributed by atoms with E-state index >= 15 is 0 Å². The van der Waals surface area contributed by atoms with Crippen LogP contribution in [0.5, 0.6) is 5.75 Å². The summed E-state index contributed by atoms with van der Waals surface area (Å²) in [5, 5.41) is 0. The van der Waals surface area contributed by atoms with Crippen LogP contribution >= 0.6 is 0 Å². The molecule has 1 saturated heterocycles. The molecule has 1 aromatic rings. The zero-order valence-electron chi connectivity index (χ0n) is 16.4. The van der Waals surface area contributed by atoms with Crippen molar-refractivity contribution in [3.63, 3.8) is 0 Å². The molecule has 0 bridgehead atoms. The van der Waals surface area contributed by atoms with E-state index in [9.17, 15) is 9.59 Å². The molecule has 0 saturated carbocycles. The number of aryl methyl sites for hydroxylation is 1. The maximum absolute atomic E-state index is 12.6. The summed E-state index contributed by atoms with van der Waals surface area (Å²) in [5.74, 6) is 0.990. The largest absolute Gasteiger partial charge is 0.497 e. The van der Waals surface area contributed by atoms with Gasteiger partial charge in [-0.05, 0) is 30.5 Å². The Kier molecular flexibility index (Phi) is 8.54. The number of carbonyl (C=O) groups is 2. The number of rotatable bonds is 8. The quantitative estimate of drug-likeness (QED) is 0.732. The fraction of sp³-hybridized carbons (Fsp3) is 0.600. The van der Waals surface area contributed by atoms with Crippen LogP contribution in [0.4, 0.5) is 0 Å². The minimum absolute atomic E-state index is 0.0415. The smallest absolute Gasteiger partial charge is 0.225 e. The van der Waals surface area contributed by atoms with Gasteiger partial charge in [0.25, 0.3) is 0 Å². The Balaban J connectivity index is 1.80. The number of amides is 2. The molecule has 0 radical (unpaired) electrons. The lowest BCUT2D eigenvalue weighted by Gasteiger charge is -2.23. The van der Waals surface area contributed by atoms with Crippen LogP contribution in [0.2, 0.25) is 0 Å². The van der Waals surface area contributed by atoms with E-state index in [4.69, 9.17) is 15.2 Å². The van der Waals surface area contributed by atoms with Crippen LogP contribution in [0.1, 0.15) is 24.8 Å². The molecule has 0 aromatic heterocycles. The van der Waals surface area contributed by atoms with Gasteiger partial charge in [-0.2, -0.15) is 0 Å². The maximum Gasteiger partial charge on any atom is 0.225 e. The summed E-state index contributed by atoms with van der Waals surface area (Å²) in [7, 11) is 3.20. The topological polar surface area (TPSA) is 85.1 Å². The highest BCUT2D eigenvalue weighted by Gasteiger charge is 2.23. The predicted molar refractivity (Wildman–Crippen MR) is 104 cm³/mol. The van der Waals surface area contributed by atoms with E-state index in [0.717, 1.165) is 17.7 Å². The Morgan fingerprint density at radius 1 is 1.04 bits per heavy atom. The van der Waals surface area contributed by atoms with Crippen LogP contribution in [0.3, 0.4) is 0 Å². The number of hydrogen-bond donors (Lipinski definition) is 1. The van der Waals surface area contributed by atoms with E-state index in [1.165, 1.54) is 0 Å².